The molecule has 0 spiro atoms. The highest BCUT2D eigenvalue weighted by atomic mass is 16.3. The summed E-state index contributed by atoms with van der Waals surface area (Å²) in [5.74, 6) is -1.53. The molecule has 2 amide bonds. The van der Waals surface area contributed by atoms with Gasteiger partial charge in [0.15, 0.2) is 12.2 Å². The Morgan fingerprint density at radius 3 is 1.25 bits per heavy atom. The summed E-state index contributed by atoms with van der Waals surface area (Å²) in [4.78, 5) is 22.6. The van der Waals surface area contributed by atoms with E-state index in [9.17, 15) is 19.8 Å². The summed E-state index contributed by atoms with van der Waals surface area (Å²) in [6.45, 7) is 6.85. The van der Waals surface area contributed by atoms with Crippen molar-refractivity contribution in [1.29, 1.82) is 0 Å². The largest absolute Gasteiger partial charge is 0.380 e. The van der Waals surface area contributed by atoms with E-state index in [1.165, 1.54) is 0 Å². The SMILES string of the molecule is CC(C)NC(=O)C(O)C(O)C(=O)NC(C)C. The average molecular weight is 232 g/mol. The summed E-state index contributed by atoms with van der Waals surface area (Å²) in [5.41, 5.74) is 0. The fourth-order valence-corrected chi connectivity index (χ4v) is 1.03. The van der Waals surface area contributed by atoms with Crippen LogP contribution in [-0.4, -0.2) is 46.3 Å². The predicted molar refractivity (Wildman–Crippen MR) is 58.6 cm³/mol. The van der Waals surface area contributed by atoms with E-state index in [0.29, 0.717) is 0 Å². The van der Waals surface area contributed by atoms with Crippen molar-refractivity contribution in [1.82, 2.24) is 10.6 Å². The Hall–Kier alpha value is -1.14. The molecule has 0 saturated heterocycles. The standard InChI is InChI=1S/C10H20N2O4/c1-5(2)11-9(15)7(13)8(14)10(16)12-6(3)4/h5-8,13-14H,1-4H3,(H,11,15)(H,12,16). The molecule has 2 atom stereocenters. The van der Waals surface area contributed by atoms with Crippen LogP contribution in [0.5, 0.6) is 0 Å². The van der Waals surface area contributed by atoms with Crippen LogP contribution in [0.4, 0.5) is 0 Å². The van der Waals surface area contributed by atoms with Gasteiger partial charge in [0.05, 0.1) is 0 Å². The molecule has 0 aromatic rings. The van der Waals surface area contributed by atoms with Gasteiger partial charge in [-0.25, -0.2) is 0 Å². The van der Waals surface area contributed by atoms with E-state index in [0.717, 1.165) is 0 Å². The first-order valence-electron chi connectivity index (χ1n) is 5.22. The second kappa shape index (κ2) is 6.44. The lowest BCUT2D eigenvalue weighted by molar-refractivity contribution is -0.146. The Bertz CT molecular complexity index is 227. The van der Waals surface area contributed by atoms with Crippen LogP contribution in [0, 0.1) is 0 Å². The molecule has 0 aliphatic heterocycles. The highest BCUT2D eigenvalue weighted by Crippen LogP contribution is 1.96. The van der Waals surface area contributed by atoms with Crippen molar-refractivity contribution in [2.45, 2.75) is 52.0 Å². The number of nitrogens with one attached hydrogen (secondary N) is 2. The molecule has 0 aliphatic rings. The smallest absolute Gasteiger partial charge is 0.252 e. The zero-order chi connectivity index (χ0) is 12.9. The van der Waals surface area contributed by atoms with Crippen molar-refractivity contribution in [2.24, 2.45) is 0 Å². The lowest BCUT2D eigenvalue weighted by Gasteiger charge is -2.19. The van der Waals surface area contributed by atoms with E-state index in [1.807, 2.05) is 0 Å². The molecule has 4 N–H and O–H groups in total. The molecule has 2 unspecified atom stereocenters. The third-order valence-electron chi connectivity index (χ3n) is 1.70. The van der Waals surface area contributed by atoms with E-state index >= 15 is 0 Å². The van der Waals surface area contributed by atoms with Crippen molar-refractivity contribution in [3.8, 4) is 0 Å². The van der Waals surface area contributed by atoms with Gasteiger partial charge < -0.3 is 20.8 Å². The van der Waals surface area contributed by atoms with Crippen LogP contribution >= 0.6 is 0 Å². The summed E-state index contributed by atoms with van der Waals surface area (Å²) < 4.78 is 0. The normalized spacial score (nSPS) is 14.8. The molecule has 0 fully saturated rings. The third-order valence-corrected chi connectivity index (χ3v) is 1.70. The number of carbonyl (C=O) groups is 2. The first kappa shape index (κ1) is 14.9. The Balaban J connectivity index is 4.31. The van der Waals surface area contributed by atoms with Gasteiger partial charge in [0.25, 0.3) is 11.8 Å². The molecule has 0 radical (unpaired) electrons. The van der Waals surface area contributed by atoms with Crippen LogP contribution in [0.2, 0.25) is 0 Å². The number of amides is 2. The number of hydrogen-bond donors (Lipinski definition) is 4. The number of aliphatic hydroxyl groups is 2. The molecular weight excluding hydrogens is 212 g/mol. The van der Waals surface area contributed by atoms with Crippen LogP contribution in [0.1, 0.15) is 27.7 Å². The minimum Gasteiger partial charge on any atom is -0.380 e. The van der Waals surface area contributed by atoms with E-state index in [4.69, 9.17) is 0 Å². The number of rotatable bonds is 5. The van der Waals surface area contributed by atoms with Crippen LogP contribution in [0.3, 0.4) is 0 Å². The number of hydrogen-bond acceptors (Lipinski definition) is 4. The molecule has 6 heteroatoms. The van der Waals surface area contributed by atoms with Crippen LogP contribution in [-0.2, 0) is 9.59 Å². The summed E-state index contributed by atoms with van der Waals surface area (Å²) >= 11 is 0. The maximum Gasteiger partial charge on any atom is 0.252 e. The predicted octanol–water partition coefficient (Wildman–Crippen LogP) is -1.24. The Labute approximate surface area is 95.0 Å². The zero-order valence-electron chi connectivity index (χ0n) is 10.0. The Morgan fingerprint density at radius 2 is 1.06 bits per heavy atom. The number of carbonyl (C=O) groups excluding carboxylic acids is 2. The minimum absolute atomic E-state index is 0.164. The quantitative estimate of drug-likeness (QED) is 0.476. The second-order valence-electron chi connectivity index (χ2n) is 4.22. The molecule has 0 bridgehead atoms. The van der Waals surface area contributed by atoms with Crippen molar-refractivity contribution in [2.75, 3.05) is 0 Å². The highest BCUT2D eigenvalue weighted by Gasteiger charge is 2.30. The lowest BCUT2D eigenvalue weighted by Crippen LogP contribution is -2.51. The van der Waals surface area contributed by atoms with Crippen molar-refractivity contribution in [3.05, 3.63) is 0 Å². The zero-order valence-corrected chi connectivity index (χ0v) is 10.0. The fraction of sp³-hybridized carbons (Fsp3) is 0.800. The van der Waals surface area contributed by atoms with Gasteiger partial charge in [-0.05, 0) is 27.7 Å². The van der Waals surface area contributed by atoms with Crippen molar-refractivity contribution in [3.63, 3.8) is 0 Å². The monoisotopic (exact) mass is 232 g/mol. The van der Waals surface area contributed by atoms with Crippen molar-refractivity contribution >= 4 is 11.8 Å². The van der Waals surface area contributed by atoms with E-state index in [2.05, 4.69) is 10.6 Å². The topological polar surface area (TPSA) is 98.7 Å². The van der Waals surface area contributed by atoms with Gasteiger partial charge in [-0.3, -0.25) is 9.59 Å². The van der Waals surface area contributed by atoms with Crippen LogP contribution in [0.15, 0.2) is 0 Å². The summed E-state index contributed by atoms with van der Waals surface area (Å²) in [6, 6.07) is -0.329. The second-order valence-corrected chi connectivity index (χ2v) is 4.22. The minimum atomic E-state index is -1.75. The van der Waals surface area contributed by atoms with Gasteiger partial charge in [-0.2, -0.15) is 0 Å². The molecule has 0 aliphatic carbocycles. The van der Waals surface area contributed by atoms with Gasteiger partial charge in [0.2, 0.25) is 0 Å². The molecule has 94 valence electrons. The van der Waals surface area contributed by atoms with Gasteiger partial charge in [-0.1, -0.05) is 0 Å². The van der Waals surface area contributed by atoms with Gasteiger partial charge in [-0.15, -0.1) is 0 Å². The molecule has 0 heterocycles. The van der Waals surface area contributed by atoms with E-state index in [-0.39, 0.29) is 12.1 Å². The average Bonchev–Trinajstić information content (AvgIpc) is 2.13. The number of aliphatic hydroxyl groups excluding tert-OH is 2. The summed E-state index contributed by atoms with van der Waals surface area (Å²) in [5, 5.41) is 23.6. The molecule has 0 aromatic carbocycles. The third kappa shape index (κ3) is 5.09. The molecular formula is C10H20N2O4. The Kier molecular flexibility index (Phi) is 5.98. The van der Waals surface area contributed by atoms with Crippen molar-refractivity contribution < 1.29 is 19.8 Å². The maximum atomic E-state index is 11.3. The van der Waals surface area contributed by atoms with Gasteiger partial charge >= 0.3 is 0 Å². The first-order chi connectivity index (χ1) is 7.25. The van der Waals surface area contributed by atoms with Gasteiger partial charge in [0.1, 0.15) is 0 Å². The molecule has 6 nitrogen and oxygen atoms in total. The summed E-state index contributed by atoms with van der Waals surface area (Å²) in [7, 11) is 0. The van der Waals surface area contributed by atoms with E-state index < -0.39 is 24.0 Å². The molecule has 0 aromatic heterocycles. The molecule has 0 saturated carbocycles. The molecule has 0 rings (SSSR count). The summed E-state index contributed by atoms with van der Waals surface area (Å²) in [6.07, 6.45) is -3.50. The van der Waals surface area contributed by atoms with Crippen LogP contribution < -0.4 is 10.6 Å². The van der Waals surface area contributed by atoms with E-state index in [1.54, 1.807) is 27.7 Å². The van der Waals surface area contributed by atoms with Gasteiger partial charge in [0, 0.05) is 12.1 Å². The fourth-order valence-electron chi connectivity index (χ4n) is 1.03. The first-order valence-corrected chi connectivity index (χ1v) is 5.22. The lowest BCUT2D eigenvalue weighted by atomic mass is 10.1. The maximum absolute atomic E-state index is 11.3. The Morgan fingerprint density at radius 1 is 0.812 bits per heavy atom. The van der Waals surface area contributed by atoms with Crippen LogP contribution in [0.25, 0.3) is 0 Å². The molecule has 16 heavy (non-hydrogen) atoms. The highest BCUT2D eigenvalue weighted by molar-refractivity contribution is 5.90.